The topological polar surface area (TPSA) is 81.8 Å². The fourth-order valence-electron chi connectivity index (χ4n) is 3.89. The van der Waals surface area contributed by atoms with Crippen molar-refractivity contribution in [1.29, 1.82) is 0 Å². The summed E-state index contributed by atoms with van der Waals surface area (Å²) in [7, 11) is 0. The highest BCUT2D eigenvalue weighted by atomic mass is 35.5. The molecule has 2 aromatic rings. The van der Waals surface area contributed by atoms with Crippen LogP contribution in [-0.4, -0.2) is 54.8 Å². The summed E-state index contributed by atoms with van der Waals surface area (Å²) in [6.45, 7) is 9.45. The third kappa shape index (κ3) is 6.21. The Bertz CT molecular complexity index is 1080. The van der Waals surface area contributed by atoms with E-state index in [2.05, 4.69) is 15.5 Å². The van der Waals surface area contributed by atoms with Gasteiger partial charge in [0.25, 0.3) is 5.91 Å². The number of piperazine rings is 1. The molecule has 0 radical (unpaired) electrons. The molecule has 182 valence electrons. The summed E-state index contributed by atoms with van der Waals surface area (Å²) < 4.78 is 0. The van der Waals surface area contributed by atoms with E-state index in [1.165, 1.54) is 6.92 Å². The number of nitrogens with zero attached hydrogens (tertiary/aromatic N) is 2. The van der Waals surface area contributed by atoms with Crippen LogP contribution in [0.15, 0.2) is 42.5 Å². The van der Waals surface area contributed by atoms with Crippen LogP contribution in [0, 0.1) is 5.41 Å². The zero-order valence-electron chi connectivity index (χ0n) is 19.8. The van der Waals surface area contributed by atoms with Crippen molar-refractivity contribution < 1.29 is 14.4 Å². The van der Waals surface area contributed by atoms with Crippen LogP contribution in [0.4, 0.5) is 11.4 Å². The van der Waals surface area contributed by atoms with Crippen molar-refractivity contribution in [3.63, 3.8) is 0 Å². The van der Waals surface area contributed by atoms with Gasteiger partial charge in [0.05, 0.1) is 21.3 Å². The standard InChI is InChI=1S/C25H30Cl2N4O3/c1-16(32)28-21-8-6-5-7-18(21)23(33)29-22(25(2,3)4)24(34)31-13-11-30(12-14-31)17-9-10-19(26)20(27)15-17/h5-10,15,22H,11-14H2,1-4H3,(H,28,32)(H,29,33). The molecule has 1 saturated heterocycles. The van der Waals surface area contributed by atoms with Crippen LogP contribution in [0.5, 0.6) is 0 Å². The molecule has 1 aliphatic heterocycles. The Hall–Kier alpha value is -2.77. The third-order valence-electron chi connectivity index (χ3n) is 5.73. The molecule has 1 fully saturated rings. The first kappa shape index (κ1) is 25.8. The summed E-state index contributed by atoms with van der Waals surface area (Å²) in [6.07, 6.45) is 0. The van der Waals surface area contributed by atoms with Crippen molar-refractivity contribution in [3.8, 4) is 0 Å². The van der Waals surface area contributed by atoms with Crippen molar-refractivity contribution >= 4 is 52.3 Å². The number of anilines is 2. The van der Waals surface area contributed by atoms with Gasteiger partial charge in [0.2, 0.25) is 11.8 Å². The van der Waals surface area contributed by atoms with E-state index < -0.39 is 17.4 Å². The summed E-state index contributed by atoms with van der Waals surface area (Å²) in [5, 5.41) is 6.58. The fourth-order valence-corrected chi connectivity index (χ4v) is 4.18. The van der Waals surface area contributed by atoms with Crippen LogP contribution in [0.1, 0.15) is 38.1 Å². The van der Waals surface area contributed by atoms with Crippen LogP contribution in [0.3, 0.4) is 0 Å². The molecule has 1 aliphatic rings. The van der Waals surface area contributed by atoms with Gasteiger partial charge in [-0.3, -0.25) is 14.4 Å². The normalized spacial score (nSPS) is 15.0. The van der Waals surface area contributed by atoms with Gasteiger partial charge in [-0.2, -0.15) is 0 Å². The zero-order valence-corrected chi connectivity index (χ0v) is 21.3. The zero-order chi connectivity index (χ0) is 25.0. The third-order valence-corrected chi connectivity index (χ3v) is 6.47. The average molecular weight is 505 g/mol. The summed E-state index contributed by atoms with van der Waals surface area (Å²) in [4.78, 5) is 42.1. The second kappa shape index (κ2) is 10.7. The SMILES string of the molecule is CC(=O)Nc1ccccc1C(=O)NC(C(=O)N1CCN(c2ccc(Cl)c(Cl)c2)CC1)C(C)(C)C. The Balaban J connectivity index is 1.72. The number of nitrogens with one attached hydrogen (secondary N) is 2. The van der Waals surface area contributed by atoms with Gasteiger partial charge in [0.15, 0.2) is 0 Å². The van der Waals surface area contributed by atoms with Crippen molar-refractivity contribution in [2.75, 3.05) is 36.4 Å². The molecule has 0 bridgehead atoms. The summed E-state index contributed by atoms with van der Waals surface area (Å²) in [5.74, 6) is -0.817. The second-order valence-electron chi connectivity index (χ2n) is 9.41. The maximum absolute atomic E-state index is 13.5. The van der Waals surface area contributed by atoms with Crippen molar-refractivity contribution in [2.45, 2.75) is 33.7 Å². The fraction of sp³-hybridized carbons (Fsp3) is 0.400. The lowest BCUT2D eigenvalue weighted by Gasteiger charge is -2.40. The number of para-hydroxylation sites is 1. The van der Waals surface area contributed by atoms with Gasteiger partial charge in [0, 0.05) is 38.8 Å². The summed E-state index contributed by atoms with van der Waals surface area (Å²) in [5.41, 5.74) is 1.15. The molecule has 0 aliphatic carbocycles. The molecule has 3 amide bonds. The smallest absolute Gasteiger partial charge is 0.254 e. The molecule has 1 heterocycles. The Kier molecular flexibility index (Phi) is 8.10. The second-order valence-corrected chi connectivity index (χ2v) is 10.2. The van der Waals surface area contributed by atoms with Gasteiger partial charge in [-0.15, -0.1) is 0 Å². The highest BCUT2D eigenvalue weighted by molar-refractivity contribution is 6.42. The van der Waals surface area contributed by atoms with Crippen LogP contribution in [0.2, 0.25) is 10.0 Å². The highest BCUT2D eigenvalue weighted by Gasteiger charge is 2.37. The first-order chi connectivity index (χ1) is 16.0. The van der Waals surface area contributed by atoms with E-state index in [9.17, 15) is 14.4 Å². The maximum atomic E-state index is 13.5. The van der Waals surface area contributed by atoms with Gasteiger partial charge in [-0.1, -0.05) is 56.1 Å². The predicted octanol–water partition coefficient (Wildman–Crippen LogP) is 4.45. The lowest BCUT2D eigenvalue weighted by Crippen LogP contribution is -2.58. The molecule has 3 rings (SSSR count). The molecule has 0 aromatic heterocycles. The summed E-state index contributed by atoms with van der Waals surface area (Å²) >= 11 is 12.2. The number of hydrogen-bond acceptors (Lipinski definition) is 4. The number of benzene rings is 2. The molecule has 1 unspecified atom stereocenters. The Morgan fingerprint density at radius 2 is 1.59 bits per heavy atom. The van der Waals surface area contributed by atoms with Gasteiger partial charge in [0.1, 0.15) is 6.04 Å². The van der Waals surface area contributed by atoms with E-state index in [0.717, 1.165) is 5.69 Å². The Labute approximate surface area is 210 Å². The van der Waals surface area contributed by atoms with Crippen LogP contribution in [-0.2, 0) is 9.59 Å². The largest absolute Gasteiger partial charge is 0.368 e. The first-order valence-corrected chi connectivity index (χ1v) is 11.9. The van der Waals surface area contributed by atoms with Crippen molar-refractivity contribution in [1.82, 2.24) is 10.2 Å². The molecule has 1 atom stereocenters. The van der Waals surface area contributed by atoms with Gasteiger partial charge >= 0.3 is 0 Å². The molecule has 2 N–H and O–H groups in total. The van der Waals surface area contributed by atoms with E-state index in [0.29, 0.717) is 47.5 Å². The van der Waals surface area contributed by atoms with Crippen molar-refractivity contribution in [2.24, 2.45) is 5.41 Å². The monoisotopic (exact) mass is 504 g/mol. The highest BCUT2D eigenvalue weighted by Crippen LogP contribution is 2.28. The minimum atomic E-state index is -0.734. The molecule has 0 spiro atoms. The van der Waals surface area contributed by atoms with Crippen molar-refractivity contribution in [3.05, 3.63) is 58.1 Å². The van der Waals surface area contributed by atoms with Crippen LogP contribution >= 0.6 is 23.2 Å². The molecule has 34 heavy (non-hydrogen) atoms. The molecule has 0 saturated carbocycles. The van der Waals surface area contributed by atoms with Crippen LogP contribution in [0.25, 0.3) is 0 Å². The number of amides is 3. The first-order valence-electron chi connectivity index (χ1n) is 11.1. The molecular weight excluding hydrogens is 475 g/mol. The maximum Gasteiger partial charge on any atom is 0.254 e. The molecular formula is C25H30Cl2N4O3. The quantitative estimate of drug-likeness (QED) is 0.630. The number of hydrogen-bond donors (Lipinski definition) is 2. The average Bonchev–Trinajstić information content (AvgIpc) is 2.78. The number of rotatable bonds is 5. The number of carbonyl (C=O) groups excluding carboxylic acids is 3. The summed E-state index contributed by atoms with van der Waals surface area (Å²) in [6, 6.07) is 11.5. The Morgan fingerprint density at radius 3 is 2.18 bits per heavy atom. The van der Waals surface area contributed by atoms with E-state index in [1.54, 1.807) is 35.2 Å². The van der Waals surface area contributed by atoms with E-state index in [1.807, 2.05) is 32.9 Å². The van der Waals surface area contributed by atoms with Crippen LogP contribution < -0.4 is 15.5 Å². The minimum absolute atomic E-state index is 0.133. The van der Waals surface area contributed by atoms with Gasteiger partial charge < -0.3 is 20.4 Å². The van der Waals surface area contributed by atoms with E-state index >= 15 is 0 Å². The predicted molar refractivity (Wildman–Crippen MR) is 137 cm³/mol. The molecule has 7 nitrogen and oxygen atoms in total. The molecule has 2 aromatic carbocycles. The lowest BCUT2D eigenvalue weighted by atomic mass is 9.85. The lowest BCUT2D eigenvalue weighted by molar-refractivity contribution is -0.136. The Morgan fingerprint density at radius 1 is 0.941 bits per heavy atom. The minimum Gasteiger partial charge on any atom is -0.368 e. The van der Waals surface area contributed by atoms with E-state index in [4.69, 9.17) is 23.2 Å². The van der Waals surface area contributed by atoms with E-state index in [-0.39, 0.29) is 11.8 Å². The van der Waals surface area contributed by atoms with Gasteiger partial charge in [-0.05, 0) is 35.7 Å². The molecule has 9 heteroatoms. The number of halogens is 2. The number of carbonyl (C=O) groups is 3. The van der Waals surface area contributed by atoms with Gasteiger partial charge in [-0.25, -0.2) is 0 Å².